The van der Waals surface area contributed by atoms with Gasteiger partial charge in [-0.3, -0.25) is 18.3 Å². The zero-order valence-corrected chi connectivity index (χ0v) is 18.5. The second-order valence-electron chi connectivity index (χ2n) is 8.53. The fraction of sp³-hybridized carbons (Fsp3) is 0.435. The van der Waals surface area contributed by atoms with Crippen molar-refractivity contribution in [2.45, 2.75) is 53.6 Å². The molecule has 0 bridgehead atoms. The largest absolute Gasteiger partial charge is 0.332 e. The van der Waals surface area contributed by atoms with Gasteiger partial charge in [0.25, 0.3) is 5.56 Å². The fourth-order valence-electron chi connectivity index (χ4n) is 4.20. The van der Waals surface area contributed by atoms with Crippen LogP contribution in [0.25, 0.3) is 16.9 Å². The third kappa shape index (κ3) is 2.91. The summed E-state index contributed by atoms with van der Waals surface area (Å²) < 4.78 is 6.91. The number of hydrogen-bond acceptors (Lipinski definition) is 3. The number of aryl methyl sites for hydroxylation is 2. The second kappa shape index (κ2) is 7.31. The van der Waals surface area contributed by atoms with Crippen LogP contribution >= 0.6 is 0 Å². The van der Waals surface area contributed by atoms with Gasteiger partial charge in [-0.1, -0.05) is 44.2 Å². The maximum Gasteiger partial charge on any atom is 0.332 e. The Labute approximate surface area is 175 Å². The number of fused-ring (bicyclic) bond motifs is 3. The van der Waals surface area contributed by atoms with E-state index in [2.05, 4.69) is 44.4 Å². The van der Waals surface area contributed by atoms with Crippen molar-refractivity contribution < 1.29 is 0 Å². The van der Waals surface area contributed by atoms with Gasteiger partial charge in [-0.05, 0) is 38.7 Å². The molecule has 4 rings (SSSR count). The Balaban J connectivity index is 2.04. The molecule has 0 aliphatic heterocycles. The van der Waals surface area contributed by atoms with Crippen molar-refractivity contribution >= 4 is 16.9 Å². The highest BCUT2D eigenvalue weighted by Crippen LogP contribution is 2.27. The van der Waals surface area contributed by atoms with Crippen molar-refractivity contribution in [1.29, 1.82) is 0 Å². The van der Waals surface area contributed by atoms with E-state index >= 15 is 0 Å². The highest BCUT2D eigenvalue weighted by Gasteiger charge is 2.24. The van der Waals surface area contributed by atoms with Crippen LogP contribution in [0, 0.1) is 19.8 Å². The minimum absolute atomic E-state index is 0.0411. The van der Waals surface area contributed by atoms with Gasteiger partial charge in [0, 0.05) is 25.0 Å². The molecule has 0 aliphatic rings. The molecule has 3 aromatic heterocycles. The van der Waals surface area contributed by atoms with Crippen molar-refractivity contribution in [3.8, 4) is 0 Å². The summed E-state index contributed by atoms with van der Waals surface area (Å²) in [6, 6.07) is 10.3. The van der Waals surface area contributed by atoms with E-state index in [1.54, 1.807) is 7.05 Å². The van der Waals surface area contributed by atoms with Crippen LogP contribution in [0.4, 0.5) is 0 Å². The maximum atomic E-state index is 13.4. The van der Waals surface area contributed by atoms with Crippen LogP contribution in [-0.2, 0) is 13.6 Å². The molecule has 1 unspecified atom stereocenters. The number of aromatic nitrogens is 5. The quantitative estimate of drug-likeness (QED) is 0.509. The van der Waals surface area contributed by atoms with Crippen LogP contribution in [0.1, 0.15) is 50.2 Å². The summed E-state index contributed by atoms with van der Waals surface area (Å²) in [6.45, 7) is 10.8. The minimum atomic E-state index is -0.314. The first kappa shape index (κ1) is 20.2. The average Bonchev–Trinajstić information content (AvgIpc) is 3.22. The van der Waals surface area contributed by atoms with Crippen LogP contribution in [0.3, 0.4) is 0 Å². The number of rotatable bonds is 5. The number of benzene rings is 1. The van der Waals surface area contributed by atoms with Crippen LogP contribution in [0.15, 0.2) is 39.9 Å². The normalized spacial score (nSPS) is 13.0. The van der Waals surface area contributed by atoms with E-state index in [1.807, 2.05) is 29.5 Å². The Morgan fingerprint density at radius 3 is 2.30 bits per heavy atom. The van der Waals surface area contributed by atoms with E-state index in [-0.39, 0.29) is 17.3 Å². The molecule has 0 N–H and O–H groups in total. The molecule has 7 nitrogen and oxygen atoms in total. The standard InChI is InChI=1S/C23H29N5O2/c1-14(2)12-13-26-21(29)19-20(25(6)23(26)30)24-22-27(15(3)16(4)28(19)22)17(5)18-10-8-7-9-11-18/h7-11,14,17H,12-13H2,1-6H3. The Morgan fingerprint density at radius 1 is 1.00 bits per heavy atom. The molecule has 0 aliphatic carbocycles. The summed E-state index contributed by atoms with van der Waals surface area (Å²) in [4.78, 5) is 31.0. The Morgan fingerprint density at radius 2 is 1.67 bits per heavy atom. The predicted molar refractivity (Wildman–Crippen MR) is 119 cm³/mol. The number of hydrogen-bond donors (Lipinski definition) is 0. The van der Waals surface area contributed by atoms with Gasteiger partial charge in [0.2, 0.25) is 5.78 Å². The number of imidazole rings is 2. The van der Waals surface area contributed by atoms with Crippen molar-refractivity contribution in [2.75, 3.05) is 0 Å². The molecule has 0 fully saturated rings. The molecule has 158 valence electrons. The van der Waals surface area contributed by atoms with Crippen LogP contribution in [0.2, 0.25) is 0 Å². The molecule has 30 heavy (non-hydrogen) atoms. The van der Waals surface area contributed by atoms with E-state index in [0.29, 0.717) is 29.4 Å². The Hall–Kier alpha value is -3.09. The van der Waals surface area contributed by atoms with Crippen molar-refractivity contribution in [1.82, 2.24) is 23.1 Å². The summed E-state index contributed by atoms with van der Waals surface area (Å²) in [5.74, 6) is 1.09. The van der Waals surface area contributed by atoms with Crippen LogP contribution in [0.5, 0.6) is 0 Å². The Kier molecular flexibility index (Phi) is 4.92. The third-order valence-corrected chi connectivity index (χ3v) is 6.16. The highest BCUT2D eigenvalue weighted by atomic mass is 16.2. The van der Waals surface area contributed by atoms with Gasteiger partial charge in [-0.15, -0.1) is 0 Å². The minimum Gasteiger partial charge on any atom is -0.307 e. The zero-order chi connectivity index (χ0) is 21.7. The molecular formula is C23H29N5O2. The first-order chi connectivity index (χ1) is 14.2. The molecule has 0 saturated carbocycles. The van der Waals surface area contributed by atoms with E-state index in [9.17, 15) is 9.59 Å². The lowest BCUT2D eigenvalue weighted by atomic mass is 10.1. The first-order valence-corrected chi connectivity index (χ1v) is 10.5. The highest BCUT2D eigenvalue weighted by molar-refractivity contribution is 5.76. The molecule has 1 atom stereocenters. The van der Waals surface area contributed by atoms with Gasteiger partial charge < -0.3 is 4.57 Å². The molecule has 4 aromatic rings. The monoisotopic (exact) mass is 407 g/mol. The van der Waals surface area contributed by atoms with Crippen LogP contribution in [-0.4, -0.2) is 23.1 Å². The SMILES string of the molecule is Cc1c(C)n2c3c(=O)n(CCC(C)C)c(=O)n(C)c3nc2n1C(C)c1ccccc1. The van der Waals surface area contributed by atoms with Crippen molar-refractivity contribution in [2.24, 2.45) is 13.0 Å². The molecule has 0 spiro atoms. The predicted octanol–water partition coefficient (Wildman–Crippen LogP) is 3.42. The third-order valence-electron chi connectivity index (χ3n) is 6.16. The summed E-state index contributed by atoms with van der Waals surface area (Å²) in [7, 11) is 1.69. The van der Waals surface area contributed by atoms with Crippen LogP contribution < -0.4 is 11.2 Å². The molecular weight excluding hydrogens is 378 g/mol. The Bertz CT molecular complexity index is 1350. The van der Waals surface area contributed by atoms with Gasteiger partial charge in [-0.25, -0.2) is 4.79 Å². The summed E-state index contributed by atoms with van der Waals surface area (Å²) in [5.41, 5.74) is 3.49. The number of nitrogens with zero attached hydrogens (tertiary/aromatic N) is 5. The van der Waals surface area contributed by atoms with E-state index in [0.717, 1.165) is 23.4 Å². The molecule has 0 radical (unpaired) electrons. The lowest BCUT2D eigenvalue weighted by Gasteiger charge is -2.16. The summed E-state index contributed by atoms with van der Waals surface area (Å²) >= 11 is 0. The topological polar surface area (TPSA) is 66.2 Å². The lowest BCUT2D eigenvalue weighted by molar-refractivity contribution is 0.488. The molecule has 3 heterocycles. The lowest BCUT2D eigenvalue weighted by Crippen LogP contribution is -2.39. The van der Waals surface area contributed by atoms with Gasteiger partial charge in [0.1, 0.15) is 0 Å². The van der Waals surface area contributed by atoms with Crippen molar-refractivity contribution in [3.05, 3.63) is 68.1 Å². The van der Waals surface area contributed by atoms with E-state index < -0.39 is 0 Å². The second-order valence-corrected chi connectivity index (χ2v) is 8.53. The fourth-order valence-corrected chi connectivity index (χ4v) is 4.20. The molecule has 7 heteroatoms. The van der Waals surface area contributed by atoms with Crippen molar-refractivity contribution in [3.63, 3.8) is 0 Å². The van der Waals surface area contributed by atoms with E-state index in [4.69, 9.17) is 4.98 Å². The van der Waals surface area contributed by atoms with Gasteiger partial charge in [0.15, 0.2) is 11.2 Å². The first-order valence-electron chi connectivity index (χ1n) is 10.5. The van der Waals surface area contributed by atoms with Gasteiger partial charge in [-0.2, -0.15) is 4.98 Å². The zero-order valence-electron chi connectivity index (χ0n) is 18.5. The van der Waals surface area contributed by atoms with Gasteiger partial charge >= 0.3 is 5.69 Å². The van der Waals surface area contributed by atoms with Gasteiger partial charge in [0.05, 0.1) is 6.04 Å². The smallest absolute Gasteiger partial charge is 0.307 e. The van der Waals surface area contributed by atoms with E-state index in [1.165, 1.54) is 9.13 Å². The maximum absolute atomic E-state index is 13.4. The summed E-state index contributed by atoms with van der Waals surface area (Å²) in [5, 5.41) is 0. The summed E-state index contributed by atoms with van der Waals surface area (Å²) in [6.07, 6.45) is 0.770. The molecule has 0 saturated heterocycles. The molecule has 1 aromatic carbocycles. The molecule has 0 amide bonds. The average molecular weight is 408 g/mol.